The van der Waals surface area contributed by atoms with Crippen LogP contribution >= 0.6 is 0 Å². The van der Waals surface area contributed by atoms with Crippen molar-refractivity contribution in [3.63, 3.8) is 0 Å². The normalized spacial score (nSPS) is 24.8. The molecule has 3 aromatic carbocycles. The van der Waals surface area contributed by atoms with Crippen LogP contribution in [0.2, 0.25) is 0 Å². The molecule has 1 unspecified atom stereocenters. The number of carbonyl (C=O) groups excluding carboxylic acids is 1. The zero-order valence-corrected chi connectivity index (χ0v) is 39.8. The lowest BCUT2D eigenvalue weighted by molar-refractivity contribution is -0.384. The van der Waals surface area contributed by atoms with Crippen LogP contribution in [-0.2, 0) is 10.0 Å². The molecular weight excluding hydrogens is 890 g/mol. The van der Waals surface area contributed by atoms with Gasteiger partial charge < -0.3 is 29.8 Å². The number of likely N-dealkylation sites (tertiary alicyclic amines) is 1. The first-order valence-corrected chi connectivity index (χ1v) is 25.5. The van der Waals surface area contributed by atoms with E-state index in [1.165, 1.54) is 54.8 Å². The molecule has 5 heterocycles. The van der Waals surface area contributed by atoms with Crippen LogP contribution < -0.4 is 24.4 Å². The number of hydrogen-bond donors (Lipinski definition) is 4. The lowest BCUT2D eigenvalue weighted by atomic mass is 9.70. The van der Waals surface area contributed by atoms with Gasteiger partial charge in [-0.2, -0.15) is 0 Å². The summed E-state index contributed by atoms with van der Waals surface area (Å²) >= 11 is 0. The quantitative estimate of drug-likeness (QED) is 0.0726. The minimum atomic E-state index is -4.72. The summed E-state index contributed by atoms with van der Waals surface area (Å²) in [4.78, 5) is 37.6. The highest BCUT2D eigenvalue weighted by atomic mass is 32.2. The van der Waals surface area contributed by atoms with E-state index in [9.17, 15) is 32.8 Å². The summed E-state index contributed by atoms with van der Waals surface area (Å²) in [6.45, 7) is 11.9. The summed E-state index contributed by atoms with van der Waals surface area (Å²) in [6, 6.07) is 17.8. The Morgan fingerprint density at radius 1 is 1.03 bits per heavy atom. The highest BCUT2D eigenvalue weighted by molar-refractivity contribution is 7.90. The Morgan fingerprint density at radius 3 is 2.51 bits per heavy atom. The molecule has 3 atom stereocenters. The van der Waals surface area contributed by atoms with E-state index < -0.39 is 42.9 Å². The zero-order valence-electron chi connectivity index (χ0n) is 39.0. The van der Waals surface area contributed by atoms with Gasteiger partial charge >= 0.3 is 0 Å². The summed E-state index contributed by atoms with van der Waals surface area (Å²) in [5.74, 6) is -0.278. The number of aromatic amines is 1. The fraction of sp³-hybridized carbons (Fsp3) is 0.490. The van der Waals surface area contributed by atoms with E-state index in [0.29, 0.717) is 54.9 Å². The molecule has 15 nitrogen and oxygen atoms in total. The Morgan fingerprint density at radius 2 is 1.78 bits per heavy atom. The van der Waals surface area contributed by atoms with Crippen LogP contribution in [0.1, 0.15) is 118 Å². The Hall–Kier alpha value is -5.78. The predicted octanol–water partition coefficient (Wildman–Crippen LogP) is 9.31. The number of piperidine rings is 1. The number of ether oxygens (including phenoxy) is 2. The van der Waals surface area contributed by atoms with Crippen LogP contribution in [0.15, 0.2) is 71.8 Å². The van der Waals surface area contributed by atoms with E-state index in [1.54, 1.807) is 26.0 Å². The van der Waals surface area contributed by atoms with E-state index in [0.717, 1.165) is 50.8 Å². The highest BCUT2D eigenvalue weighted by Crippen LogP contribution is 2.49. The van der Waals surface area contributed by atoms with E-state index in [1.807, 2.05) is 0 Å². The van der Waals surface area contributed by atoms with Crippen LogP contribution in [0, 0.1) is 34.2 Å². The lowest BCUT2D eigenvalue weighted by Gasteiger charge is -2.57. The molecule has 4 N–H and O–H groups in total. The number of nitro benzene ring substituents is 1. The van der Waals surface area contributed by atoms with Crippen molar-refractivity contribution in [3.05, 3.63) is 105 Å². The maximum Gasteiger partial charge on any atom is 0.297 e. The number of aryl methyl sites for hydroxylation is 1. The topological polar surface area (TPSA) is 192 Å². The molecule has 360 valence electrons. The minimum Gasteiger partial charge on any atom is -0.489 e. The van der Waals surface area contributed by atoms with Gasteiger partial charge in [0.05, 0.1) is 38.1 Å². The van der Waals surface area contributed by atoms with E-state index in [-0.39, 0.29) is 57.9 Å². The second-order valence-electron chi connectivity index (χ2n) is 20.6. The number of amides is 1. The highest BCUT2D eigenvalue weighted by Gasteiger charge is 2.49. The molecule has 4 fully saturated rings. The van der Waals surface area contributed by atoms with Gasteiger partial charge in [0.2, 0.25) is 0 Å². The minimum absolute atomic E-state index is 0.0251. The number of carbonyl (C=O) groups is 1. The number of fused-ring (bicyclic) bond motifs is 2. The third kappa shape index (κ3) is 8.77. The van der Waals surface area contributed by atoms with Crippen molar-refractivity contribution >= 4 is 44.0 Å². The van der Waals surface area contributed by atoms with Gasteiger partial charge in [-0.3, -0.25) is 19.8 Å². The number of halogens is 1. The number of anilines is 2. The first-order valence-electron chi connectivity index (χ1n) is 24.0. The van der Waals surface area contributed by atoms with Crippen LogP contribution in [0.4, 0.5) is 21.5 Å². The number of nitrogens with one attached hydrogen (secondary N) is 3. The largest absolute Gasteiger partial charge is 0.489 e. The fourth-order valence-electron chi connectivity index (χ4n) is 11.7. The number of nitrogens with zero attached hydrogens (tertiary/aromatic N) is 4. The number of aromatic nitrogens is 2. The summed E-state index contributed by atoms with van der Waals surface area (Å²) in [7, 11) is -4.72. The number of benzene rings is 3. The first kappa shape index (κ1) is 46.0. The molecular formula is C51H60FN7O8S. The molecule has 3 aliphatic heterocycles. The Balaban J connectivity index is 0.874. The fourth-order valence-corrected chi connectivity index (χ4v) is 12.7. The van der Waals surface area contributed by atoms with E-state index in [4.69, 9.17) is 9.47 Å². The van der Waals surface area contributed by atoms with Gasteiger partial charge in [0, 0.05) is 62.3 Å². The Bertz CT molecular complexity index is 2880. The molecule has 2 aromatic heterocycles. The van der Waals surface area contributed by atoms with Crippen LogP contribution in [-0.4, -0.2) is 89.7 Å². The van der Waals surface area contributed by atoms with Gasteiger partial charge in [-0.15, -0.1) is 0 Å². The van der Waals surface area contributed by atoms with Gasteiger partial charge in [0.25, 0.3) is 21.6 Å². The van der Waals surface area contributed by atoms with E-state index >= 15 is 0 Å². The standard InChI is InChI=1S/C51H60FN7O8S/c1-30(2)35-8-5-6-9-36(35)37-10-7-11-42(37)58-28-51(29-58)18-20-57(21-19-51)33-12-13-38(45(22-33)67-44-25-39-40(52)26-53-48(39)54-31(44)3)49(60)56-68(64,65)34-23-43(59(62)63)47-46(24-34)66-27-41(55-47)32-14-16-50(4,61)17-15-32/h5-6,8-9,12-13,22-26,30,32,37,41-42,55,61H,7,10-11,14-21,27-29H2,1-4H3,(H,53,54)(H,56,60)/t32?,37-,41-,42?,50?/m1/s1. The lowest BCUT2D eigenvalue weighted by Crippen LogP contribution is -2.63. The zero-order chi connectivity index (χ0) is 47.7. The molecule has 0 radical (unpaired) electrons. The van der Waals surface area contributed by atoms with E-state index in [2.05, 4.69) is 67.9 Å². The van der Waals surface area contributed by atoms with Crippen molar-refractivity contribution in [2.24, 2.45) is 11.3 Å². The molecule has 2 saturated carbocycles. The van der Waals surface area contributed by atoms with Gasteiger partial charge in [-0.05, 0) is 118 Å². The monoisotopic (exact) mass is 949 g/mol. The Labute approximate surface area is 396 Å². The van der Waals surface area contributed by atoms with Crippen molar-refractivity contribution < 1.29 is 37.1 Å². The smallest absolute Gasteiger partial charge is 0.297 e. The third-order valence-electron chi connectivity index (χ3n) is 15.6. The summed E-state index contributed by atoms with van der Waals surface area (Å²) < 4.78 is 57.3. The molecule has 1 spiro atoms. The molecule has 0 bridgehead atoms. The van der Waals surface area contributed by atoms with Crippen molar-refractivity contribution in [2.45, 2.75) is 120 Å². The van der Waals surface area contributed by atoms with Gasteiger partial charge in [0.1, 0.15) is 29.6 Å². The molecule has 2 saturated heterocycles. The molecule has 17 heteroatoms. The number of nitro groups is 1. The van der Waals surface area contributed by atoms with Crippen LogP contribution in [0.3, 0.4) is 0 Å². The van der Waals surface area contributed by atoms with Crippen LogP contribution in [0.5, 0.6) is 17.2 Å². The van der Waals surface area contributed by atoms with Crippen LogP contribution in [0.25, 0.3) is 11.0 Å². The molecule has 2 aliphatic carbocycles. The number of aliphatic hydroxyl groups is 1. The number of sulfonamides is 1. The summed E-state index contributed by atoms with van der Waals surface area (Å²) in [5.41, 5.74) is 3.35. The number of H-pyrrole nitrogens is 1. The molecule has 5 aliphatic rings. The predicted molar refractivity (Wildman–Crippen MR) is 257 cm³/mol. The Kier molecular flexibility index (Phi) is 11.9. The molecule has 1 amide bonds. The first-order chi connectivity index (χ1) is 32.5. The van der Waals surface area contributed by atoms with Crippen molar-refractivity contribution in [1.29, 1.82) is 0 Å². The SMILES string of the molecule is Cc1nc2[nH]cc(F)c2cc1Oc1cc(N2CCC3(CC2)CN(C2CCC[C@@H]2c2ccccc2C(C)C)C3)ccc1C(=O)NS(=O)(=O)c1cc2c(c([N+](=O)[O-])c1)N[C@@H](C1CCC(C)(O)CC1)CO2. The average Bonchev–Trinajstić information content (AvgIpc) is 3.93. The van der Waals surface area contributed by atoms with Crippen molar-refractivity contribution in [2.75, 3.05) is 43.0 Å². The third-order valence-corrected chi connectivity index (χ3v) is 16.9. The van der Waals surface area contributed by atoms with Crippen molar-refractivity contribution in [3.8, 4) is 17.2 Å². The summed E-state index contributed by atoms with van der Waals surface area (Å²) in [6.07, 6.45) is 9.42. The number of pyridine rings is 1. The van der Waals surface area contributed by atoms with Gasteiger partial charge in [-0.25, -0.2) is 22.5 Å². The summed E-state index contributed by atoms with van der Waals surface area (Å²) in [5, 5.41) is 26.3. The molecule has 5 aromatic rings. The average molecular weight is 950 g/mol. The second-order valence-corrected chi connectivity index (χ2v) is 22.3. The maximum atomic E-state index is 14.8. The number of rotatable bonds is 11. The number of hydrogen-bond acceptors (Lipinski definition) is 12. The molecule has 68 heavy (non-hydrogen) atoms. The van der Waals surface area contributed by atoms with Gasteiger partial charge in [-0.1, -0.05) is 44.5 Å². The second kappa shape index (κ2) is 17.6. The van der Waals surface area contributed by atoms with Gasteiger partial charge in [0.15, 0.2) is 11.4 Å². The molecule has 10 rings (SSSR count). The van der Waals surface area contributed by atoms with Crippen molar-refractivity contribution in [1.82, 2.24) is 19.6 Å². The maximum absolute atomic E-state index is 14.8.